The number of anilines is 2. The predicted molar refractivity (Wildman–Crippen MR) is 126 cm³/mol. The highest BCUT2D eigenvalue weighted by molar-refractivity contribution is 6.06. The van der Waals surface area contributed by atoms with E-state index in [1.54, 1.807) is 6.20 Å². The molecule has 1 aliphatic rings. The van der Waals surface area contributed by atoms with E-state index >= 15 is 0 Å². The van der Waals surface area contributed by atoms with E-state index in [0.29, 0.717) is 18.2 Å². The molecule has 0 bridgehead atoms. The van der Waals surface area contributed by atoms with Crippen molar-refractivity contribution < 1.29 is 4.79 Å². The molecule has 7 heteroatoms. The number of aromatic nitrogens is 3. The molecule has 1 aliphatic carbocycles. The molecule has 0 unspecified atom stereocenters. The summed E-state index contributed by atoms with van der Waals surface area (Å²) in [6, 6.07) is 8.59. The first kappa shape index (κ1) is 21.2. The zero-order chi connectivity index (χ0) is 21.8. The van der Waals surface area contributed by atoms with Crippen molar-refractivity contribution in [2.45, 2.75) is 58.2 Å². The van der Waals surface area contributed by atoms with E-state index < -0.39 is 0 Å². The van der Waals surface area contributed by atoms with Gasteiger partial charge in [0, 0.05) is 45.1 Å². The van der Waals surface area contributed by atoms with Gasteiger partial charge in [-0.05, 0) is 37.5 Å². The number of carbonyl (C=O) groups is 1. The Balaban J connectivity index is 1.57. The Bertz CT molecular complexity index is 1030. The highest BCUT2D eigenvalue weighted by Gasteiger charge is 2.21. The van der Waals surface area contributed by atoms with E-state index in [4.69, 9.17) is 0 Å². The summed E-state index contributed by atoms with van der Waals surface area (Å²) in [5, 5.41) is 12.1. The van der Waals surface area contributed by atoms with Crippen LogP contribution in [0.25, 0.3) is 11.0 Å². The first-order valence-electron chi connectivity index (χ1n) is 11.2. The largest absolute Gasteiger partial charge is 0.381 e. The summed E-state index contributed by atoms with van der Waals surface area (Å²) in [4.78, 5) is 19.8. The van der Waals surface area contributed by atoms with Gasteiger partial charge in [0.15, 0.2) is 5.65 Å². The van der Waals surface area contributed by atoms with Crippen LogP contribution >= 0.6 is 0 Å². The van der Waals surface area contributed by atoms with Crippen LogP contribution in [0.1, 0.15) is 54.9 Å². The van der Waals surface area contributed by atoms with Crippen LogP contribution in [0.3, 0.4) is 0 Å². The monoisotopic (exact) mass is 420 g/mol. The summed E-state index contributed by atoms with van der Waals surface area (Å²) in [5.41, 5.74) is 4.46. The second kappa shape index (κ2) is 9.37. The molecule has 2 heterocycles. The minimum absolute atomic E-state index is 0.117. The fourth-order valence-corrected chi connectivity index (χ4v) is 4.23. The number of pyridine rings is 1. The quantitative estimate of drug-likeness (QED) is 0.599. The van der Waals surface area contributed by atoms with Gasteiger partial charge in [-0.3, -0.25) is 4.79 Å². The summed E-state index contributed by atoms with van der Waals surface area (Å²) >= 11 is 0. The van der Waals surface area contributed by atoms with Crippen LogP contribution < -0.4 is 15.5 Å². The molecule has 3 aromatic rings. The Morgan fingerprint density at radius 1 is 1.13 bits per heavy atom. The average Bonchev–Trinajstić information content (AvgIpc) is 3.22. The van der Waals surface area contributed by atoms with Crippen molar-refractivity contribution in [3.8, 4) is 0 Å². The maximum absolute atomic E-state index is 13.1. The molecule has 2 N–H and O–H groups in total. The lowest BCUT2D eigenvalue weighted by Crippen LogP contribution is -2.27. The van der Waals surface area contributed by atoms with Gasteiger partial charge in [-0.25, -0.2) is 9.67 Å². The van der Waals surface area contributed by atoms with Crippen molar-refractivity contribution in [1.82, 2.24) is 20.1 Å². The Hall–Kier alpha value is -3.09. The Kier molecular flexibility index (Phi) is 6.39. The zero-order valence-electron chi connectivity index (χ0n) is 18.7. The van der Waals surface area contributed by atoms with Crippen LogP contribution in [0.4, 0.5) is 11.4 Å². The standard InChI is InChI=1S/C24H32N6O/c1-4-30-23-20(16-27-30)22(28-18-8-6-5-7-9-18)21(15-25-23)24(31)26-14-17-10-12-19(13-11-17)29(2)3/h10-13,15-16,18H,4-9,14H2,1-3H3,(H,25,28)(H,26,31). The van der Waals surface area contributed by atoms with Gasteiger partial charge in [0.05, 0.1) is 22.8 Å². The van der Waals surface area contributed by atoms with E-state index in [2.05, 4.69) is 37.7 Å². The number of hydrogen-bond donors (Lipinski definition) is 2. The van der Waals surface area contributed by atoms with Crippen molar-refractivity contribution in [2.75, 3.05) is 24.3 Å². The number of nitrogens with zero attached hydrogens (tertiary/aromatic N) is 4. The van der Waals surface area contributed by atoms with Gasteiger partial charge in [-0.15, -0.1) is 0 Å². The van der Waals surface area contributed by atoms with E-state index in [-0.39, 0.29) is 5.91 Å². The first-order valence-corrected chi connectivity index (χ1v) is 11.2. The predicted octanol–water partition coefficient (Wildman–Crippen LogP) is 4.19. The van der Waals surface area contributed by atoms with Crippen LogP contribution in [-0.4, -0.2) is 40.8 Å². The van der Waals surface area contributed by atoms with Gasteiger partial charge in [-0.1, -0.05) is 31.4 Å². The summed E-state index contributed by atoms with van der Waals surface area (Å²) in [6.07, 6.45) is 9.52. The van der Waals surface area contributed by atoms with Gasteiger partial charge >= 0.3 is 0 Å². The molecular weight excluding hydrogens is 388 g/mol. The Labute approximate surface area is 183 Å². The number of amides is 1. The number of aryl methyl sites for hydroxylation is 1. The number of fused-ring (bicyclic) bond motifs is 1. The van der Waals surface area contributed by atoms with E-state index in [1.807, 2.05) is 44.0 Å². The van der Waals surface area contributed by atoms with Crippen LogP contribution in [0, 0.1) is 0 Å². The number of benzene rings is 1. The van der Waals surface area contributed by atoms with Crippen molar-refractivity contribution in [2.24, 2.45) is 0 Å². The van der Waals surface area contributed by atoms with Gasteiger partial charge in [0.25, 0.3) is 5.91 Å². The highest BCUT2D eigenvalue weighted by atomic mass is 16.1. The maximum Gasteiger partial charge on any atom is 0.255 e. The number of nitrogens with one attached hydrogen (secondary N) is 2. The molecule has 1 fully saturated rings. The second-order valence-electron chi connectivity index (χ2n) is 8.47. The van der Waals surface area contributed by atoms with Gasteiger partial charge in [0.2, 0.25) is 0 Å². The van der Waals surface area contributed by atoms with Gasteiger partial charge in [0.1, 0.15) is 0 Å². The SMILES string of the molecule is CCn1ncc2c(NC3CCCCC3)c(C(=O)NCc3ccc(N(C)C)cc3)cnc21. The smallest absolute Gasteiger partial charge is 0.255 e. The lowest BCUT2D eigenvalue weighted by atomic mass is 9.95. The number of rotatable bonds is 7. The molecular formula is C24H32N6O. The molecule has 0 spiro atoms. The fraction of sp³-hybridized carbons (Fsp3) is 0.458. The van der Waals surface area contributed by atoms with Crippen molar-refractivity contribution in [3.05, 3.63) is 47.8 Å². The fourth-order valence-electron chi connectivity index (χ4n) is 4.23. The second-order valence-corrected chi connectivity index (χ2v) is 8.47. The number of carbonyl (C=O) groups excluding carboxylic acids is 1. The van der Waals surface area contributed by atoms with E-state index in [1.165, 1.54) is 19.3 Å². The summed E-state index contributed by atoms with van der Waals surface area (Å²) < 4.78 is 1.87. The molecule has 4 rings (SSSR count). The van der Waals surface area contributed by atoms with Crippen molar-refractivity contribution >= 4 is 28.3 Å². The summed E-state index contributed by atoms with van der Waals surface area (Å²) in [5.74, 6) is -0.117. The molecule has 164 valence electrons. The lowest BCUT2D eigenvalue weighted by Gasteiger charge is -2.25. The molecule has 0 radical (unpaired) electrons. The van der Waals surface area contributed by atoms with Crippen molar-refractivity contribution in [1.29, 1.82) is 0 Å². The van der Waals surface area contributed by atoms with Crippen LogP contribution in [0.5, 0.6) is 0 Å². The Morgan fingerprint density at radius 3 is 2.55 bits per heavy atom. The molecule has 7 nitrogen and oxygen atoms in total. The third kappa shape index (κ3) is 4.65. The minimum atomic E-state index is -0.117. The average molecular weight is 421 g/mol. The normalized spacial score (nSPS) is 14.5. The van der Waals surface area contributed by atoms with E-state index in [0.717, 1.165) is 47.4 Å². The number of hydrogen-bond acceptors (Lipinski definition) is 5. The lowest BCUT2D eigenvalue weighted by molar-refractivity contribution is 0.0951. The van der Waals surface area contributed by atoms with Gasteiger partial charge < -0.3 is 15.5 Å². The highest BCUT2D eigenvalue weighted by Crippen LogP contribution is 2.30. The topological polar surface area (TPSA) is 75.1 Å². The van der Waals surface area contributed by atoms with Gasteiger partial charge in [-0.2, -0.15) is 5.10 Å². The third-order valence-corrected chi connectivity index (χ3v) is 6.07. The first-order chi connectivity index (χ1) is 15.1. The molecule has 2 aromatic heterocycles. The molecule has 1 amide bonds. The van der Waals surface area contributed by atoms with Crippen LogP contribution in [-0.2, 0) is 13.1 Å². The maximum atomic E-state index is 13.1. The molecule has 0 atom stereocenters. The van der Waals surface area contributed by atoms with Crippen LogP contribution in [0.15, 0.2) is 36.7 Å². The van der Waals surface area contributed by atoms with Crippen LogP contribution in [0.2, 0.25) is 0 Å². The molecule has 0 saturated heterocycles. The van der Waals surface area contributed by atoms with E-state index in [9.17, 15) is 4.79 Å². The van der Waals surface area contributed by atoms with Crippen molar-refractivity contribution in [3.63, 3.8) is 0 Å². The molecule has 31 heavy (non-hydrogen) atoms. The minimum Gasteiger partial charge on any atom is -0.381 e. The Morgan fingerprint density at radius 2 is 1.87 bits per heavy atom. The molecule has 0 aliphatic heterocycles. The molecule has 1 saturated carbocycles. The summed E-state index contributed by atoms with van der Waals surface area (Å²) in [7, 11) is 4.03. The summed E-state index contributed by atoms with van der Waals surface area (Å²) in [6.45, 7) is 3.26. The molecule has 1 aromatic carbocycles. The third-order valence-electron chi connectivity index (χ3n) is 6.07. The zero-order valence-corrected chi connectivity index (χ0v) is 18.7.